The van der Waals surface area contributed by atoms with Crippen molar-refractivity contribution in [3.63, 3.8) is 0 Å². The predicted octanol–water partition coefficient (Wildman–Crippen LogP) is 5.15. The average molecular weight is 521 g/mol. The number of amides is 2. The van der Waals surface area contributed by atoms with Crippen molar-refractivity contribution >= 4 is 40.1 Å². The number of thioether (sulfide) groups is 1. The lowest BCUT2D eigenvalue weighted by Gasteiger charge is -2.23. The number of benzene rings is 3. The topological polar surface area (TPSA) is 83.4 Å². The molecular formula is C27H22F2N4O3S. The van der Waals surface area contributed by atoms with Gasteiger partial charge >= 0.3 is 0 Å². The smallest absolute Gasteiger partial charge is 0.262 e. The maximum Gasteiger partial charge on any atom is 0.262 e. The van der Waals surface area contributed by atoms with Gasteiger partial charge in [0.2, 0.25) is 5.91 Å². The Morgan fingerprint density at radius 3 is 2.51 bits per heavy atom. The van der Waals surface area contributed by atoms with Crippen LogP contribution in [0.2, 0.25) is 0 Å². The zero-order chi connectivity index (χ0) is 25.9. The van der Waals surface area contributed by atoms with E-state index >= 15 is 0 Å². The third-order valence-corrected chi connectivity index (χ3v) is 7.16. The van der Waals surface area contributed by atoms with Gasteiger partial charge in [-0.05, 0) is 60.2 Å². The molecule has 1 N–H and O–H groups in total. The number of amidine groups is 1. The molecule has 0 spiro atoms. The van der Waals surface area contributed by atoms with E-state index in [1.165, 1.54) is 30.3 Å². The average Bonchev–Trinajstić information content (AvgIpc) is 3.49. The van der Waals surface area contributed by atoms with E-state index in [-0.39, 0.29) is 12.2 Å². The van der Waals surface area contributed by atoms with E-state index in [1.807, 2.05) is 24.3 Å². The third kappa shape index (κ3) is 5.39. The molecule has 0 fully saturated rings. The van der Waals surface area contributed by atoms with E-state index < -0.39 is 28.9 Å². The van der Waals surface area contributed by atoms with Crippen molar-refractivity contribution in [3.8, 4) is 5.75 Å². The summed E-state index contributed by atoms with van der Waals surface area (Å²) in [6.07, 6.45) is 0.276. The second-order valence-electron chi connectivity index (χ2n) is 8.46. The van der Waals surface area contributed by atoms with Gasteiger partial charge in [-0.1, -0.05) is 30.0 Å². The number of carbonyl (C=O) groups is 2. The summed E-state index contributed by atoms with van der Waals surface area (Å²) in [6.45, 7) is 0. The zero-order valence-corrected chi connectivity index (χ0v) is 20.5. The van der Waals surface area contributed by atoms with Crippen LogP contribution in [0.4, 0.5) is 14.5 Å². The monoisotopic (exact) mass is 520 g/mol. The minimum absolute atomic E-state index is 0.124. The fourth-order valence-corrected chi connectivity index (χ4v) is 5.21. The molecule has 0 aromatic heterocycles. The van der Waals surface area contributed by atoms with Crippen LogP contribution < -0.4 is 10.1 Å². The van der Waals surface area contributed by atoms with E-state index in [1.54, 1.807) is 30.3 Å². The van der Waals surface area contributed by atoms with Crippen molar-refractivity contribution in [1.82, 2.24) is 5.01 Å². The maximum atomic E-state index is 14.8. The molecule has 2 aliphatic rings. The van der Waals surface area contributed by atoms with Crippen LogP contribution in [0, 0.1) is 11.6 Å². The van der Waals surface area contributed by atoms with Crippen LogP contribution in [0.25, 0.3) is 0 Å². The first-order chi connectivity index (χ1) is 17.9. The van der Waals surface area contributed by atoms with Crippen LogP contribution in [0.5, 0.6) is 5.75 Å². The first-order valence-corrected chi connectivity index (χ1v) is 12.4. The number of anilines is 1. The molecule has 2 aliphatic heterocycles. The fraction of sp³-hybridized carbons (Fsp3) is 0.185. The molecule has 5 rings (SSSR count). The summed E-state index contributed by atoms with van der Waals surface area (Å²) in [5.41, 5.74) is 2.41. The number of hydrogen-bond acceptors (Lipinski definition) is 6. The van der Waals surface area contributed by atoms with Crippen molar-refractivity contribution in [3.05, 3.63) is 95.6 Å². The maximum absolute atomic E-state index is 14.8. The van der Waals surface area contributed by atoms with E-state index in [2.05, 4.69) is 10.3 Å². The third-order valence-electron chi connectivity index (χ3n) is 6.02. The molecule has 0 saturated carbocycles. The number of aliphatic imine (C=N–C) groups is 1. The van der Waals surface area contributed by atoms with Gasteiger partial charge in [0, 0.05) is 24.1 Å². The van der Waals surface area contributed by atoms with Gasteiger partial charge in [0.25, 0.3) is 5.91 Å². The van der Waals surface area contributed by atoms with Crippen molar-refractivity contribution in [2.45, 2.75) is 24.1 Å². The molecular weight excluding hydrogens is 498 g/mol. The highest BCUT2D eigenvalue weighted by Crippen LogP contribution is 2.39. The van der Waals surface area contributed by atoms with E-state index in [4.69, 9.17) is 9.84 Å². The molecule has 188 valence electrons. The highest BCUT2D eigenvalue weighted by Gasteiger charge is 2.39. The van der Waals surface area contributed by atoms with Crippen molar-refractivity contribution < 1.29 is 23.1 Å². The summed E-state index contributed by atoms with van der Waals surface area (Å²) in [7, 11) is 1.58. The number of nitrogens with zero attached hydrogens (tertiary/aromatic N) is 3. The molecule has 0 saturated heterocycles. The summed E-state index contributed by atoms with van der Waals surface area (Å²) < 4.78 is 33.2. The van der Waals surface area contributed by atoms with Crippen LogP contribution in [0.1, 0.15) is 30.0 Å². The first-order valence-electron chi connectivity index (χ1n) is 11.5. The molecule has 2 atom stereocenters. The summed E-state index contributed by atoms with van der Waals surface area (Å²) in [4.78, 5) is 29.4. The Kier molecular flexibility index (Phi) is 7.00. The number of carbonyl (C=O) groups excluding carboxylic acids is 2. The fourth-order valence-electron chi connectivity index (χ4n) is 4.15. The molecule has 0 bridgehead atoms. The zero-order valence-electron chi connectivity index (χ0n) is 19.7. The number of hydrazone groups is 1. The summed E-state index contributed by atoms with van der Waals surface area (Å²) in [6, 6.07) is 18.7. The number of rotatable bonds is 6. The Balaban J connectivity index is 1.36. The standard InChI is InChI=1S/C27H22F2N4O3S/c1-36-19-12-6-16(7-13-19)22-14-23(20-4-2-3-5-21(20)29)33(32-22)27-31-26(35)24(37-27)15-25(34)30-18-10-8-17(28)9-11-18/h2-13,23-24H,14-15H2,1H3,(H,30,34)/t23-,24-/m1/s1. The van der Waals surface area contributed by atoms with Crippen molar-refractivity contribution in [2.24, 2.45) is 10.1 Å². The number of halogens is 2. The largest absolute Gasteiger partial charge is 0.497 e. The highest BCUT2D eigenvalue weighted by atomic mass is 32.2. The molecule has 3 aromatic carbocycles. The number of ether oxygens (including phenoxy) is 1. The predicted molar refractivity (Wildman–Crippen MR) is 139 cm³/mol. The Hall–Kier alpha value is -4.05. The van der Waals surface area contributed by atoms with Crippen LogP contribution in [-0.4, -0.2) is 40.1 Å². The van der Waals surface area contributed by atoms with E-state index in [0.717, 1.165) is 17.3 Å². The molecule has 0 unspecified atom stereocenters. The van der Waals surface area contributed by atoms with Gasteiger partial charge < -0.3 is 10.1 Å². The molecule has 0 aliphatic carbocycles. The Morgan fingerprint density at radius 2 is 1.81 bits per heavy atom. The molecule has 3 aromatic rings. The number of methoxy groups -OCH3 is 1. The van der Waals surface area contributed by atoms with Gasteiger partial charge in [0.05, 0.1) is 18.9 Å². The van der Waals surface area contributed by atoms with Crippen LogP contribution in [0.3, 0.4) is 0 Å². The van der Waals surface area contributed by atoms with Gasteiger partial charge in [-0.2, -0.15) is 10.1 Å². The molecule has 2 amide bonds. The van der Waals surface area contributed by atoms with Gasteiger partial charge in [-0.15, -0.1) is 0 Å². The second-order valence-corrected chi connectivity index (χ2v) is 9.63. The van der Waals surface area contributed by atoms with Crippen LogP contribution in [-0.2, 0) is 9.59 Å². The molecule has 37 heavy (non-hydrogen) atoms. The van der Waals surface area contributed by atoms with Crippen LogP contribution >= 0.6 is 11.8 Å². The second kappa shape index (κ2) is 10.5. The molecule has 10 heteroatoms. The Labute approximate surface area is 216 Å². The highest BCUT2D eigenvalue weighted by molar-refractivity contribution is 8.15. The van der Waals surface area contributed by atoms with E-state index in [9.17, 15) is 18.4 Å². The molecule has 0 radical (unpaired) electrons. The minimum Gasteiger partial charge on any atom is -0.497 e. The first kappa shape index (κ1) is 24.6. The number of hydrogen-bond donors (Lipinski definition) is 1. The van der Waals surface area contributed by atoms with Gasteiger partial charge in [-0.3, -0.25) is 9.59 Å². The lowest BCUT2D eigenvalue weighted by atomic mass is 9.98. The van der Waals surface area contributed by atoms with Gasteiger partial charge in [0.1, 0.15) is 22.6 Å². The summed E-state index contributed by atoms with van der Waals surface area (Å²) in [5, 5.41) is 8.50. The van der Waals surface area contributed by atoms with Crippen molar-refractivity contribution in [1.29, 1.82) is 0 Å². The van der Waals surface area contributed by atoms with Crippen LogP contribution in [0.15, 0.2) is 82.9 Å². The Bertz CT molecular complexity index is 1390. The van der Waals surface area contributed by atoms with Crippen molar-refractivity contribution in [2.75, 3.05) is 12.4 Å². The SMILES string of the molecule is COc1ccc(C2=NN(C3=NC(=O)[C@@H](CC(=O)Nc4ccc(F)cc4)S3)[C@@H](c3ccccc3F)C2)cc1. The number of nitrogens with one attached hydrogen (secondary N) is 1. The lowest BCUT2D eigenvalue weighted by Crippen LogP contribution is -2.25. The molecule has 7 nitrogen and oxygen atoms in total. The van der Waals surface area contributed by atoms with Gasteiger partial charge in [-0.25, -0.2) is 13.8 Å². The Morgan fingerprint density at radius 1 is 1.08 bits per heavy atom. The summed E-state index contributed by atoms with van der Waals surface area (Å²) in [5.74, 6) is -0.957. The lowest BCUT2D eigenvalue weighted by molar-refractivity contribution is -0.121. The summed E-state index contributed by atoms with van der Waals surface area (Å²) >= 11 is 1.12. The minimum atomic E-state index is -0.753. The molecule has 2 heterocycles. The normalized spacial score (nSPS) is 19.0. The van der Waals surface area contributed by atoms with E-state index in [0.29, 0.717) is 34.3 Å². The quantitative estimate of drug-likeness (QED) is 0.486. The van der Waals surface area contributed by atoms with Gasteiger partial charge in [0.15, 0.2) is 5.17 Å².